The summed E-state index contributed by atoms with van der Waals surface area (Å²) in [5.74, 6) is 0. The molecule has 0 aromatic carbocycles. The van der Waals surface area contributed by atoms with Crippen LogP contribution in [0.5, 0.6) is 0 Å². The van der Waals surface area contributed by atoms with Crippen LogP contribution in [0.3, 0.4) is 0 Å². The predicted molar refractivity (Wildman–Crippen MR) is 38.2 cm³/mol. The molecular weight excluding hydrogens is 205 g/mol. The van der Waals surface area contributed by atoms with Crippen LogP contribution in [-0.4, -0.2) is 18.8 Å². The first-order chi connectivity index (χ1) is 3.31. The molecule has 2 nitrogen and oxygen atoms in total. The first-order valence-corrected chi connectivity index (χ1v) is 3.03. The first kappa shape index (κ1) is 7.23. The fourth-order valence-corrected chi connectivity index (χ4v) is 0.379. The van der Waals surface area contributed by atoms with E-state index in [-0.39, 0.29) is 6.61 Å². The fraction of sp³-hybridized carbons (Fsp3) is 0.500. The van der Waals surface area contributed by atoms with Crippen LogP contribution in [0, 0.1) is 0 Å². The number of hydrogen-bond donors (Lipinski definition) is 2. The number of halogens is 1. The Morgan fingerprint density at radius 2 is 2.57 bits per heavy atom. The van der Waals surface area contributed by atoms with Crippen molar-refractivity contribution in [2.24, 2.45) is 0 Å². The monoisotopic (exact) mass is 213 g/mol. The van der Waals surface area contributed by atoms with Gasteiger partial charge in [0.2, 0.25) is 0 Å². The van der Waals surface area contributed by atoms with Gasteiger partial charge in [0.15, 0.2) is 0 Å². The van der Waals surface area contributed by atoms with Crippen LogP contribution in [0.25, 0.3) is 0 Å². The second-order valence-corrected chi connectivity index (χ2v) is 2.15. The minimum absolute atomic E-state index is 0.110. The van der Waals surface area contributed by atoms with Crippen molar-refractivity contribution < 1.29 is 5.11 Å². The van der Waals surface area contributed by atoms with E-state index in [9.17, 15) is 0 Å². The summed E-state index contributed by atoms with van der Waals surface area (Å²) in [6, 6.07) is 0. The van der Waals surface area contributed by atoms with E-state index in [1.807, 2.05) is 7.05 Å². The van der Waals surface area contributed by atoms with Crippen molar-refractivity contribution >= 4 is 22.6 Å². The van der Waals surface area contributed by atoms with Crippen LogP contribution in [0.4, 0.5) is 0 Å². The van der Waals surface area contributed by atoms with Crippen molar-refractivity contribution in [3.05, 3.63) is 9.78 Å². The van der Waals surface area contributed by atoms with E-state index in [0.29, 0.717) is 0 Å². The summed E-state index contributed by atoms with van der Waals surface area (Å²) in [4.78, 5) is 0. The Balaban J connectivity index is 3.29. The van der Waals surface area contributed by atoms with E-state index in [1.165, 1.54) is 0 Å². The Hall–Kier alpha value is 0.230. The molecule has 0 spiro atoms. The second kappa shape index (κ2) is 4.39. The molecule has 0 aromatic rings. The first-order valence-electron chi connectivity index (χ1n) is 1.95. The third-order valence-corrected chi connectivity index (χ3v) is 1.49. The van der Waals surface area contributed by atoms with Gasteiger partial charge < -0.3 is 10.4 Å². The molecule has 2 N–H and O–H groups in total. The van der Waals surface area contributed by atoms with Crippen LogP contribution in [-0.2, 0) is 0 Å². The minimum atomic E-state index is 0.110. The predicted octanol–water partition coefficient (Wildman–Crippen LogP) is 0.475. The zero-order valence-corrected chi connectivity index (χ0v) is 6.27. The smallest absolute Gasteiger partial charge is 0.0711 e. The van der Waals surface area contributed by atoms with Gasteiger partial charge in [0.05, 0.1) is 10.3 Å². The van der Waals surface area contributed by atoms with Crippen molar-refractivity contribution in [1.29, 1.82) is 0 Å². The molecule has 0 unspecified atom stereocenters. The van der Waals surface area contributed by atoms with Gasteiger partial charge >= 0.3 is 0 Å². The molecular formula is C4H8INO. The molecule has 0 aliphatic rings. The number of hydrogen-bond acceptors (Lipinski definition) is 2. The van der Waals surface area contributed by atoms with Crippen LogP contribution >= 0.6 is 22.6 Å². The SMILES string of the molecule is CN/C(I)=C/CO. The van der Waals surface area contributed by atoms with Gasteiger partial charge in [-0.1, -0.05) is 0 Å². The zero-order valence-electron chi connectivity index (χ0n) is 4.11. The summed E-state index contributed by atoms with van der Waals surface area (Å²) in [5, 5.41) is 11.1. The summed E-state index contributed by atoms with van der Waals surface area (Å²) in [6.45, 7) is 0.110. The van der Waals surface area contributed by atoms with Gasteiger partial charge in [-0.2, -0.15) is 0 Å². The molecule has 0 fully saturated rings. The molecule has 0 heterocycles. The van der Waals surface area contributed by atoms with Gasteiger partial charge in [0.1, 0.15) is 0 Å². The van der Waals surface area contributed by atoms with Crippen LogP contribution < -0.4 is 5.32 Å². The van der Waals surface area contributed by atoms with Crippen molar-refractivity contribution in [1.82, 2.24) is 5.32 Å². The highest BCUT2D eigenvalue weighted by atomic mass is 127. The maximum atomic E-state index is 8.25. The zero-order chi connectivity index (χ0) is 5.70. The molecule has 0 aliphatic heterocycles. The van der Waals surface area contributed by atoms with E-state index in [2.05, 4.69) is 27.9 Å². The Bertz CT molecular complexity index is 72.1. The average Bonchev–Trinajstić information content (AvgIpc) is 1.68. The number of aliphatic hydroxyl groups excluding tert-OH is 1. The molecule has 0 amide bonds. The van der Waals surface area contributed by atoms with Gasteiger partial charge in [0, 0.05) is 7.05 Å². The summed E-state index contributed by atoms with van der Waals surface area (Å²) < 4.78 is 0.972. The highest BCUT2D eigenvalue weighted by Crippen LogP contribution is 1.96. The maximum absolute atomic E-state index is 8.25. The summed E-state index contributed by atoms with van der Waals surface area (Å²) in [6.07, 6.45) is 1.70. The van der Waals surface area contributed by atoms with Crippen LogP contribution in [0.2, 0.25) is 0 Å². The van der Waals surface area contributed by atoms with Crippen molar-refractivity contribution in [3.8, 4) is 0 Å². The standard InChI is InChI=1S/C4H8INO/c1-6-4(5)2-3-7/h2,6-7H,3H2,1H3/b4-2+. The number of rotatable bonds is 2. The molecule has 0 bridgehead atoms. The van der Waals surface area contributed by atoms with E-state index in [0.717, 1.165) is 3.70 Å². The molecule has 42 valence electrons. The molecule has 7 heavy (non-hydrogen) atoms. The summed E-state index contributed by atoms with van der Waals surface area (Å²) in [5.41, 5.74) is 0. The lowest BCUT2D eigenvalue weighted by Crippen LogP contribution is -1.98. The van der Waals surface area contributed by atoms with Gasteiger partial charge in [-0.15, -0.1) is 0 Å². The van der Waals surface area contributed by atoms with Gasteiger partial charge in [-0.25, -0.2) is 0 Å². The lowest BCUT2D eigenvalue weighted by molar-refractivity contribution is 0.342. The Kier molecular flexibility index (Phi) is 4.53. The van der Waals surface area contributed by atoms with Crippen molar-refractivity contribution in [3.63, 3.8) is 0 Å². The van der Waals surface area contributed by atoms with Crippen molar-refractivity contribution in [2.45, 2.75) is 0 Å². The summed E-state index contributed by atoms with van der Waals surface area (Å²) in [7, 11) is 1.81. The maximum Gasteiger partial charge on any atom is 0.0711 e. The van der Waals surface area contributed by atoms with Crippen LogP contribution in [0.1, 0.15) is 0 Å². The van der Waals surface area contributed by atoms with Gasteiger partial charge in [0.25, 0.3) is 0 Å². The van der Waals surface area contributed by atoms with Crippen LogP contribution in [0.15, 0.2) is 9.78 Å². The Morgan fingerprint density at radius 3 is 2.71 bits per heavy atom. The lowest BCUT2D eigenvalue weighted by atomic mass is 10.6. The molecule has 0 aromatic heterocycles. The molecule has 0 atom stereocenters. The molecule has 0 aliphatic carbocycles. The Morgan fingerprint density at radius 1 is 2.00 bits per heavy atom. The quantitative estimate of drug-likeness (QED) is 0.516. The normalized spacial score (nSPS) is 11.6. The minimum Gasteiger partial charge on any atom is -0.392 e. The highest BCUT2D eigenvalue weighted by molar-refractivity contribution is 14.1. The highest BCUT2D eigenvalue weighted by Gasteiger charge is 1.77. The molecule has 0 radical (unpaired) electrons. The molecule has 0 rings (SSSR count). The second-order valence-electron chi connectivity index (χ2n) is 0.985. The summed E-state index contributed by atoms with van der Waals surface area (Å²) >= 11 is 2.10. The molecule has 3 heteroatoms. The lowest BCUT2D eigenvalue weighted by Gasteiger charge is -1.91. The van der Waals surface area contributed by atoms with E-state index >= 15 is 0 Å². The van der Waals surface area contributed by atoms with E-state index in [1.54, 1.807) is 6.08 Å². The van der Waals surface area contributed by atoms with E-state index in [4.69, 9.17) is 5.11 Å². The van der Waals surface area contributed by atoms with E-state index < -0.39 is 0 Å². The largest absolute Gasteiger partial charge is 0.392 e. The Labute approximate surface area is 56.8 Å². The molecule has 0 saturated carbocycles. The topological polar surface area (TPSA) is 32.3 Å². The third kappa shape index (κ3) is 4.08. The third-order valence-electron chi connectivity index (χ3n) is 0.509. The number of aliphatic hydroxyl groups is 1. The average molecular weight is 213 g/mol. The van der Waals surface area contributed by atoms with Gasteiger partial charge in [-0.3, -0.25) is 0 Å². The number of nitrogens with one attached hydrogen (secondary N) is 1. The van der Waals surface area contributed by atoms with Crippen molar-refractivity contribution in [2.75, 3.05) is 13.7 Å². The fourth-order valence-electron chi connectivity index (χ4n) is 0.182. The molecule has 0 saturated heterocycles. The van der Waals surface area contributed by atoms with Gasteiger partial charge in [-0.05, 0) is 28.7 Å².